The maximum atomic E-state index is 12.4. The summed E-state index contributed by atoms with van der Waals surface area (Å²) in [6.07, 6.45) is 1.94. The summed E-state index contributed by atoms with van der Waals surface area (Å²) in [5.74, 6) is 1.10. The third-order valence-electron chi connectivity index (χ3n) is 3.71. The van der Waals surface area contributed by atoms with Crippen LogP contribution < -0.4 is 10.1 Å². The van der Waals surface area contributed by atoms with E-state index in [1.807, 2.05) is 35.1 Å². The minimum Gasteiger partial charge on any atom is -0.497 e. The Hall–Kier alpha value is -2.32. The molecule has 1 heterocycles. The minimum absolute atomic E-state index is 0.194. The molecule has 3 aromatic rings. The SMILES string of the molecule is COc1cccc(C(=O)NCc2nnc(SC)n2-c2ccc(Br)cc2)c1. The zero-order valence-corrected chi connectivity index (χ0v) is 16.7. The van der Waals surface area contributed by atoms with Crippen molar-refractivity contribution in [2.45, 2.75) is 11.7 Å². The van der Waals surface area contributed by atoms with Crippen molar-refractivity contribution in [2.75, 3.05) is 13.4 Å². The van der Waals surface area contributed by atoms with Gasteiger partial charge in [0.25, 0.3) is 5.91 Å². The molecule has 2 aromatic carbocycles. The Morgan fingerprint density at radius 1 is 1.23 bits per heavy atom. The predicted octanol–water partition coefficient (Wildman–Crippen LogP) is 3.69. The molecule has 0 unspecified atom stereocenters. The van der Waals surface area contributed by atoms with E-state index in [9.17, 15) is 4.79 Å². The summed E-state index contributed by atoms with van der Waals surface area (Å²) in [6, 6.07) is 14.9. The molecule has 0 aliphatic carbocycles. The normalized spacial score (nSPS) is 10.6. The summed E-state index contributed by atoms with van der Waals surface area (Å²) in [4.78, 5) is 12.4. The van der Waals surface area contributed by atoms with Crippen molar-refractivity contribution >= 4 is 33.6 Å². The molecule has 0 radical (unpaired) electrons. The lowest BCUT2D eigenvalue weighted by Crippen LogP contribution is -2.24. The number of hydrogen-bond acceptors (Lipinski definition) is 5. The number of aromatic nitrogens is 3. The number of carbonyl (C=O) groups excluding carboxylic acids is 1. The highest BCUT2D eigenvalue weighted by Gasteiger charge is 2.15. The van der Waals surface area contributed by atoms with Crippen LogP contribution in [0.15, 0.2) is 58.2 Å². The van der Waals surface area contributed by atoms with E-state index < -0.39 is 0 Å². The van der Waals surface area contributed by atoms with E-state index in [1.54, 1.807) is 31.4 Å². The second-order valence-corrected chi connectivity index (χ2v) is 7.02. The molecule has 0 aliphatic rings. The van der Waals surface area contributed by atoms with Crippen LogP contribution in [0.5, 0.6) is 5.75 Å². The maximum absolute atomic E-state index is 12.4. The molecule has 0 fully saturated rings. The first-order valence-electron chi connectivity index (χ1n) is 7.79. The van der Waals surface area contributed by atoms with Crippen LogP contribution in [0.4, 0.5) is 0 Å². The largest absolute Gasteiger partial charge is 0.497 e. The van der Waals surface area contributed by atoms with E-state index in [2.05, 4.69) is 31.4 Å². The van der Waals surface area contributed by atoms with E-state index in [0.717, 1.165) is 15.3 Å². The van der Waals surface area contributed by atoms with Crippen LogP contribution in [0, 0.1) is 0 Å². The molecule has 3 rings (SSSR count). The van der Waals surface area contributed by atoms with Gasteiger partial charge in [-0.25, -0.2) is 0 Å². The maximum Gasteiger partial charge on any atom is 0.251 e. The fraction of sp³-hybridized carbons (Fsp3) is 0.167. The van der Waals surface area contributed by atoms with Gasteiger partial charge in [-0.15, -0.1) is 10.2 Å². The van der Waals surface area contributed by atoms with E-state index in [0.29, 0.717) is 17.1 Å². The Morgan fingerprint density at radius 3 is 2.69 bits per heavy atom. The summed E-state index contributed by atoms with van der Waals surface area (Å²) in [5.41, 5.74) is 1.47. The molecular formula is C18H17BrN4O2S. The molecule has 26 heavy (non-hydrogen) atoms. The van der Waals surface area contributed by atoms with E-state index in [1.165, 1.54) is 11.8 Å². The van der Waals surface area contributed by atoms with Crippen LogP contribution in [-0.4, -0.2) is 34.0 Å². The molecule has 6 nitrogen and oxygen atoms in total. The Bertz CT molecular complexity index is 912. The van der Waals surface area contributed by atoms with Crippen LogP contribution in [0.1, 0.15) is 16.2 Å². The first kappa shape index (κ1) is 18.5. The fourth-order valence-corrected chi connectivity index (χ4v) is 3.20. The standard InChI is InChI=1S/C18H17BrN4O2S/c1-25-15-5-3-4-12(10-15)17(24)20-11-16-21-22-18(26-2)23(16)14-8-6-13(19)7-9-14/h3-10H,11H2,1-2H3,(H,20,24). The fourth-order valence-electron chi connectivity index (χ4n) is 2.42. The Kier molecular flexibility index (Phi) is 5.95. The first-order valence-corrected chi connectivity index (χ1v) is 9.80. The van der Waals surface area contributed by atoms with Crippen LogP contribution in [-0.2, 0) is 6.54 Å². The van der Waals surface area contributed by atoms with Gasteiger partial charge < -0.3 is 10.1 Å². The average molecular weight is 433 g/mol. The Labute approximate surface area is 164 Å². The molecule has 134 valence electrons. The summed E-state index contributed by atoms with van der Waals surface area (Å²) in [7, 11) is 1.57. The molecular weight excluding hydrogens is 416 g/mol. The Morgan fingerprint density at radius 2 is 2.00 bits per heavy atom. The second-order valence-electron chi connectivity index (χ2n) is 5.33. The highest BCUT2D eigenvalue weighted by atomic mass is 79.9. The lowest BCUT2D eigenvalue weighted by molar-refractivity contribution is 0.0949. The van der Waals surface area contributed by atoms with E-state index >= 15 is 0 Å². The number of carbonyl (C=O) groups is 1. The number of amides is 1. The van der Waals surface area contributed by atoms with Gasteiger partial charge in [0.05, 0.1) is 13.7 Å². The molecule has 0 aliphatic heterocycles. The van der Waals surface area contributed by atoms with Gasteiger partial charge in [0.15, 0.2) is 11.0 Å². The zero-order valence-electron chi connectivity index (χ0n) is 14.3. The molecule has 1 amide bonds. The molecule has 0 saturated carbocycles. The summed E-state index contributed by atoms with van der Waals surface area (Å²) >= 11 is 4.94. The smallest absolute Gasteiger partial charge is 0.251 e. The van der Waals surface area contributed by atoms with Gasteiger partial charge in [-0.3, -0.25) is 9.36 Å². The van der Waals surface area contributed by atoms with Crippen molar-refractivity contribution in [3.8, 4) is 11.4 Å². The first-order chi connectivity index (χ1) is 12.6. The van der Waals surface area contributed by atoms with Crippen LogP contribution >= 0.6 is 27.7 Å². The molecule has 8 heteroatoms. The number of benzene rings is 2. The average Bonchev–Trinajstić information content (AvgIpc) is 3.09. The minimum atomic E-state index is -0.194. The molecule has 1 aromatic heterocycles. The quantitative estimate of drug-likeness (QED) is 0.601. The van der Waals surface area contributed by atoms with Crippen molar-refractivity contribution in [1.82, 2.24) is 20.1 Å². The monoisotopic (exact) mass is 432 g/mol. The van der Waals surface area contributed by atoms with Gasteiger partial charge in [-0.1, -0.05) is 33.8 Å². The molecule has 0 saturated heterocycles. The Balaban J connectivity index is 1.81. The van der Waals surface area contributed by atoms with E-state index in [4.69, 9.17) is 4.74 Å². The third kappa shape index (κ3) is 4.08. The van der Waals surface area contributed by atoms with Crippen LogP contribution in [0.2, 0.25) is 0 Å². The van der Waals surface area contributed by atoms with Gasteiger partial charge in [-0.05, 0) is 48.7 Å². The van der Waals surface area contributed by atoms with Crippen molar-refractivity contribution in [2.24, 2.45) is 0 Å². The third-order valence-corrected chi connectivity index (χ3v) is 4.86. The van der Waals surface area contributed by atoms with Gasteiger partial charge in [-0.2, -0.15) is 0 Å². The number of rotatable bonds is 6. The van der Waals surface area contributed by atoms with Gasteiger partial charge in [0.2, 0.25) is 0 Å². The summed E-state index contributed by atoms with van der Waals surface area (Å²) < 4.78 is 8.09. The molecule has 1 N–H and O–H groups in total. The van der Waals surface area contributed by atoms with Gasteiger partial charge in [0, 0.05) is 15.7 Å². The number of halogens is 1. The molecule has 0 bridgehead atoms. The second kappa shape index (κ2) is 8.37. The van der Waals surface area contributed by atoms with E-state index in [-0.39, 0.29) is 12.5 Å². The predicted molar refractivity (Wildman–Crippen MR) is 105 cm³/mol. The summed E-state index contributed by atoms with van der Waals surface area (Å²) in [5, 5.41) is 12.1. The number of thioether (sulfide) groups is 1. The van der Waals surface area contributed by atoms with Gasteiger partial charge >= 0.3 is 0 Å². The van der Waals surface area contributed by atoms with Crippen LogP contribution in [0.3, 0.4) is 0 Å². The van der Waals surface area contributed by atoms with Crippen molar-refractivity contribution < 1.29 is 9.53 Å². The van der Waals surface area contributed by atoms with Crippen molar-refractivity contribution in [1.29, 1.82) is 0 Å². The highest BCUT2D eigenvalue weighted by molar-refractivity contribution is 9.10. The van der Waals surface area contributed by atoms with Gasteiger partial charge in [0.1, 0.15) is 5.75 Å². The van der Waals surface area contributed by atoms with Crippen molar-refractivity contribution in [3.63, 3.8) is 0 Å². The lowest BCUT2D eigenvalue weighted by Gasteiger charge is -2.10. The molecule has 0 atom stereocenters. The molecule has 0 spiro atoms. The number of methoxy groups -OCH3 is 1. The summed E-state index contributed by atoms with van der Waals surface area (Å²) in [6.45, 7) is 0.264. The number of ether oxygens (including phenoxy) is 1. The highest BCUT2D eigenvalue weighted by Crippen LogP contribution is 2.22. The zero-order chi connectivity index (χ0) is 18.5. The number of nitrogens with one attached hydrogen (secondary N) is 1. The van der Waals surface area contributed by atoms with Crippen molar-refractivity contribution in [3.05, 3.63) is 64.4 Å². The van der Waals surface area contributed by atoms with Crippen LogP contribution in [0.25, 0.3) is 5.69 Å². The topological polar surface area (TPSA) is 69.0 Å². The number of nitrogens with zero attached hydrogens (tertiary/aromatic N) is 3. The lowest BCUT2D eigenvalue weighted by atomic mass is 10.2. The number of hydrogen-bond donors (Lipinski definition) is 1.